The third-order valence-electron chi connectivity index (χ3n) is 1.92. The van der Waals surface area contributed by atoms with Crippen LogP contribution in [0.2, 0.25) is 0 Å². The minimum absolute atomic E-state index is 0.202. The molecule has 0 bridgehead atoms. The molecule has 0 fully saturated rings. The van der Waals surface area contributed by atoms with Crippen LogP contribution in [-0.2, 0) is 0 Å². The van der Waals surface area contributed by atoms with Crippen molar-refractivity contribution in [3.8, 4) is 0 Å². The average Bonchev–Trinajstić information content (AvgIpc) is 2.71. The normalized spacial score (nSPS) is 9.93. The highest BCUT2D eigenvalue weighted by molar-refractivity contribution is 6.03. The zero-order valence-corrected chi connectivity index (χ0v) is 8.19. The Bertz CT molecular complexity index is 447. The molecule has 0 saturated heterocycles. The maximum atomic E-state index is 11.6. The summed E-state index contributed by atoms with van der Waals surface area (Å²) >= 11 is 0. The van der Waals surface area contributed by atoms with Gasteiger partial charge >= 0.3 is 0 Å². The van der Waals surface area contributed by atoms with Gasteiger partial charge < -0.3 is 5.32 Å². The Balaban J connectivity index is 2.11. The number of aryl methyl sites for hydroxylation is 1. The molecular formula is C10H10N4O. The fourth-order valence-corrected chi connectivity index (χ4v) is 1.12. The van der Waals surface area contributed by atoms with Crippen LogP contribution in [0.15, 0.2) is 30.6 Å². The topological polar surface area (TPSA) is 70.7 Å². The summed E-state index contributed by atoms with van der Waals surface area (Å²) < 4.78 is 0. The van der Waals surface area contributed by atoms with Crippen LogP contribution < -0.4 is 5.32 Å². The molecular weight excluding hydrogens is 192 g/mol. The van der Waals surface area contributed by atoms with E-state index < -0.39 is 0 Å². The van der Waals surface area contributed by atoms with E-state index in [4.69, 9.17) is 0 Å². The van der Waals surface area contributed by atoms with Gasteiger partial charge in [0, 0.05) is 18.0 Å². The first-order chi connectivity index (χ1) is 7.25. The summed E-state index contributed by atoms with van der Waals surface area (Å²) in [5.41, 5.74) is 1.41. The van der Waals surface area contributed by atoms with Crippen LogP contribution in [0.3, 0.4) is 0 Å². The van der Waals surface area contributed by atoms with Crippen molar-refractivity contribution in [3.63, 3.8) is 0 Å². The van der Waals surface area contributed by atoms with Gasteiger partial charge in [-0.25, -0.2) is 0 Å². The van der Waals surface area contributed by atoms with Gasteiger partial charge in [-0.2, -0.15) is 5.10 Å². The van der Waals surface area contributed by atoms with Crippen LogP contribution in [0.5, 0.6) is 0 Å². The van der Waals surface area contributed by atoms with E-state index in [2.05, 4.69) is 20.5 Å². The standard InChI is InChI=1S/C10H10N4O/c1-7-2-3-8(6-11-7)10(15)13-9-4-5-12-14-9/h2-6H,1H3,(H2,12,13,14,15). The molecule has 2 aromatic rings. The largest absolute Gasteiger partial charge is 0.307 e. The van der Waals surface area contributed by atoms with Gasteiger partial charge in [-0.3, -0.25) is 14.9 Å². The van der Waals surface area contributed by atoms with Gasteiger partial charge in [-0.05, 0) is 19.1 Å². The minimum Gasteiger partial charge on any atom is -0.307 e. The summed E-state index contributed by atoms with van der Waals surface area (Å²) in [5, 5.41) is 9.04. The molecule has 0 saturated carbocycles. The van der Waals surface area contributed by atoms with E-state index in [0.717, 1.165) is 5.69 Å². The summed E-state index contributed by atoms with van der Waals surface area (Å²) in [7, 11) is 0. The van der Waals surface area contributed by atoms with E-state index in [-0.39, 0.29) is 5.91 Å². The van der Waals surface area contributed by atoms with E-state index in [1.165, 1.54) is 0 Å². The number of pyridine rings is 1. The summed E-state index contributed by atoms with van der Waals surface area (Å²) in [5.74, 6) is 0.368. The predicted molar refractivity (Wildman–Crippen MR) is 55.5 cm³/mol. The summed E-state index contributed by atoms with van der Waals surface area (Å²) in [6, 6.07) is 5.20. The number of anilines is 1. The fourth-order valence-electron chi connectivity index (χ4n) is 1.12. The average molecular weight is 202 g/mol. The van der Waals surface area contributed by atoms with Gasteiger partial charge in [0.1, 0.15) is 5.82 Å². The highest BCUT2D eigenvalue weighted by Crippen LogP contribution is 2.04. The third kappa shape index (κ3) is 2.19. The predicted octanol–water partition coefficient (Wildman–Crippen LogP) is 1.37. The fraction of sp³-hybridized carbons (Fsp3) is 0.100. The Morgan fingerprint density at radius 1 is 1.40 bits per heavy atom. The molecule has 1 amide bonds. The van der Waals surface area contributed by atoms with E-state index >= 15 is 0 Å². The number of amides is 1. The number of nitrogens with zero attached hydrogens (tertiary/aromatic N) is 2. The van der Waals surface area contributed by atoms with Crippen molar-refractivity contribution in [3.05, 3.63) is 41.9 Å². The second-order valence-electron chi connectivity index (χ2n) is 3.11. The molecule has 0 aliphatic carbocycles. The molecule has 0 spiro atoms. The number of hydrogen-bond acceptors (Lipinski definition) is 3. The number of aromatic amines is 1. The second-order valence-corrected chi connectivity index (χ2v) is 3.11. The van der Waals surface area contributed by atoms with E-state index in [1.54, 1.807) is 30.6 Å². The molecule has 2 aromatic heterocycles. The van der Waals surface area contributed by atoms with Crippen molar-refractivity contribution < 1.29 is 4.79 Å². The maximum Gasteiger partial charge on any atom is 0.258 e. The number of hydrogen-bond donors (Lipinski definition) is 2. The first-order valence-electron chi connectivity index (χ1n) is 4.49. The first-order valence-corrected chi connectivity index (χ1v) is 4.49. The number of H-pyrrole nitrogens is 1. The lowest BCUT2D eigenvalue weighted by Gasteiger charge is -2.01. The molecule has 76 valence electrons. The Morgan fingerprint density at radius 3 is 2.87 bits per heavy atom. The van der Waals surface area contributed by atoms with Gasteiger partial charge in [0.25, 0.3) is 5.91 Å². The smallest absolute Gasteiger partial charge is 0.258 e. The monoisotopic (exact) mass is 202 g/mol. The molecule has 5 heteroatoms. The van der Waals surface area contributed by atoms with E-state index in [9.17, 15) is 4.79 Å². The van der Waals surface area contributed by atoms with E-state index in [0.29, 0.717) is 11.4 Å². The molecule has 2 N–H and O–H groups in total. The Morgan fingerprint density at radius 2 is 2.27 bits per heavy atom. The van der Waals surface area contributed by atoms with Crippen molar-refractivity contribution in [2.24, 2.45) is 0 Å². The van der Waals surface area contributed by atoms with Crippen LogP contribution in [0.25, 0.3) is 0 Å². The third-order valence-corrected chi connectivity index (χ3v) is 1.92. The van der Waals surface area contributed by atoms with Crippen LogP contribution in [0.4, 0.5) is 5.82 Å². The highest BCUT2D eigenvalue weighted by atomic mass is 16.1. The second kappa shape index (κ2) is 3.91. The number of aromatic nitrogens is 3. The Hall–Kier alpha value is -2.17. The van der Waals surface area contributed by atoms with Crippen molar-refractivity contribution in [2.75, 3.05) is 5.32 Å². The number of carbonyl (C=O) groups excluding carboxylic acids is 1. The lowest BCUT2D eigenvalue weighted by molar-refractivity contribution is 0.102. The molecule has 0 radical (unpaired) electrons. The zero-order valence-electron chi connectivity index (χ0n) is 8.19. The summed E-state index contributed by atoms with van der Waals surface area (Å²) in [4.78, 5) is 15.7. The van der Waals surface area contributed by atoms with Crippen molar-refractivity contribution in [2.45, 2.75) is 6.92 Å². The van der Waals surface area contributed by atoms with Crippen LogP contribution in [0, 0.1) is 6.92 Å². The van der Waals surface area contributed by atoms with Gasteiger partial charge in [-0.1, -0.05) is 0 Å². The molecule has 0 aliphatic rings. The number of nitrogens with one attached hydrogen (secondary N) is 2. The summed E-state index contributed by atoms with van der Waals surface area (Å²) in [6.07, 6.45) is 3.12. The van der Waals surface area contributed by atoms with Gasteiger partial charge in [0.15, 0.2) is 0 Å². The highest BCUT2D eigenvalue weighted by Gasteiger charge is 2.06. The first kappa shape index (κ1) is 9.39. The molecule has 2 rings (SSSR count). The zero-order chi connectivity index (χ0) is 10.7. The number of rotatable bonds is 2. The SMILES string of the molecule is Cc1ccc(C(=O)Nc2ccn[nH]2)cn1. The van der Waals surface area contributed by atoms with E-state index in [1.807, 2.05) is 6.92 Å². The number of carbonyl (C=O) groups is 1. The van der Waals surface area contributed by atoms with Crippen LogP contribution in [0.1, 0.15) is 16.1 Å². The Labute approximate surface area is 86.5 Å². The van der Waals surface area contributed by atoms with Crippen LogP contribution >= 0.6 is 0 Å². The Kier molecular flexibility index (Phi) is 2.45. The molecule has 5 nitrogen and oxygen atoms in total. The maximum absolute atomic E-state index is 11.6. The van der Waals surface area contributed by atoms with Crippen LogP contribution in [-0.4, -0.2) is 21.1 Å². The molecule has 0 unspecified atom stereocenters. The molecule has 15 heavy (non-hydrogen) atoms. The van der Waals surface area contributed by atoms with Crippen molar-refractivity contribution >= 4 is 11.7 Å². The lowest BCUT2D eigenvalue weighted by atomic mass is 10.2. The van der Waals surface area contributed by atoms with Crippen molar-refractivity contribution in [1.29, 1.82) is 0 Å². The van der Waals surface area contributed by atoms with Crippen molar-refractivity contribution in [1.82, 2.24) is 15.2 Å². The minimum atomic E-state index is -0.202. The molecule has 0 atom stereocenters. The molecule has 2 heterocycles. The van der Waals surface area contributed by atoms with Gasteiger partial charge in [-0.15, -0.1) is 0 Å². The quantitative estimate of drug-likeness (QED) is 0.772. The lowest BCUT2D eigenvalue weighted by Crippen LogP contribution is -2.12. The molecule has 0 aliphatic heterocycles. The van der Waals surface area contributed by atoms with Gasteiger partial charge in [0.2, 0.25) is 0 Å². The molecule has 0 aromatic carbocycles. The van der Waals surface area contributed by atoms with Gasteiger partial charge in [0.05, 0.1) is 11.8 Å². The summed E-state index contributed by atoms with van der Waals surface area (Å²) in [6.45, 7) is 1.87.